The fourth-order valence-electron chi connectivity index (χ4n) is 2.95. The third kappa shape index (κ3) is 4.73. The Hall–Kier alpha value is -3.70. The first kappa shape index (κ1) is 22.0. The normalized spacial score (nSPS) is 11.9. The van der Waals surface area contributed by atoms with Gasteiger partial charge in [0.15, 0.2) is 0 Å². The van der Waals surface area contributed by atoms with Gasteiger partial charge in [-0.25, -0.2) is 12.8 Å². The molecule has 1 unspecified atom stereocenters. The molecule has 0 aromatic heterocycles. The first-order chi connectivity index (χ1) is 14.7. The fraction of sp³-hybridized carbons (Fsp3) is 0.130. The quantitative estimate of drug-likeness (QED) is 0.632. The minimum atomic E-state index is -3.93. The Bertz CT molecular complexity index is 1250. The molecule has 158 valence electrons. The summed E-state index contributed by atoms with van der Waals surface area (Å²) in [6, 6.07) is 18.7. The second kappa shape index (κ2) is 8.98. The minimum Gasteiger partial charge on any atom is -0.332 e. The minimum absolute atomic E-state index is 0.0289. The van der Waals surface area contributed by atoms with E-state index in [1.807, 2.05) is 13.0 Å². The van der Waals surface area contributed by atoms with Gasteiger partial charge in [-0.2, -0.15) is 5.26 Å². The molecule has 0 heterocycles. The van der Waals surface area contributed by atoms with E-state index in [1.54, 1.807) is 30.3 Å². The molecule has 0 radical (unpaired) electrons. The number of nitrogens with zero attached hydrogens (tertiary/aromatic N) is 2. The van der Waals surface area contributed by atoms with E-state index in [0.717, 1.165) is 9.87 Å². The molecule has 1 amide bonds. The Morgan fingerprint density at radius 3 is 2.39 bits per heavy atom. The lowest BCUT2D eigenvalue weighted by Gasteiger charge is -2.20. The number of rotatable bonds is 6. The SMILES string of the molecule is Cc1ccc(N(C)S(=O)(=O)c2cccc(C(=O)NC(C#N)c3ccccc3F)c2)cc1. The van der Waals surface area contributed by atoms with Crippen molar-refractivity contribution in [2.75, 3.05) is 11.4 Å². The highest BCUT2D eigenvalue weighted by atomic mass is 32.2. The maximum Gasteiger partial charge on any atom is 0.264 e. The van der Waals surface area contributed by atoms with Gasteiger partial charge in [-0.05, 0) is 43.3 Å². The van der Waals surface area contributed by atoms with Crippen molar-refractivity contribution >= 4 is 21.6 Å². The Kier molecular flexibility index (Phi) is 6.37. The van der Waals surface area contributed by atoms with Crippen LogP contribution in [0.2, 0.25) is 0 Å². The summed E-state index contributed by atoms with van der Waals surface area (Å²) in [5, 5.41) is 11.8. The zero-order chi connectivity index (χ0) is 22.6. The van der Waals surface area contributed by atoms with Crippen LogP contribution in [0, 0.1) is 24.1 Å². The molecule has 1 atom stereocenters. The molecule has 0 aliphatic carbocycles. The van der Waals surface area contributed by atoms with Crippen molar-refractivity contribution in [1.82, 2.24) is 5.32 Å². The molecule has 0 saturated heterocycles. The van der Waals surface area contributed by atoms with Crippen LogP contribution in [0.4, 0.5) is 10.1 Å². The van der Waals surface area contributed by atoms with E-state index in [4.69, 9.17) is 0 Å². The van der Waals surface area contributed by atoms with E-state index < -0.39 is 27.8 Å². The van der Waals surface area contributed by atoms with Crippen LogP contribution in [-0.4, -0.2) is 21.4 Å². The number of benzene rings is 3. The van der Waals surface area contributed by atoms with Crippen LogP contribution in [-0.2, 0) is 10.0 Å². The molecule has 31 heavy (non-hydrogen) atoms. The number of hydrogen-bond donors (Lipinski definition) is 1. The van der Waals surface area contributed by atoms with Crippen LogP contribution in [0.15, 0.2) is 77.7 Å². The summed E-state index contributed by atoms with van der Waals surface area (Å²) in [7, 11) is -2.50. The monoisotopic (exact) mass is 437 g/mol. The van der Waals surface area contributed by atoms with Crippen molar-refractivity contribution in [2.45, 2.75) is 17.9 Å². The zero-order valence-corrected chi connectivity index (χ0v) is 17.7. The number of sulfonamides is 1. The smallest absolute Gasteiger partial charge is 0.264 e. The van der Waals surface area contributed by atoms with Gasteiger partial charge in [-0.15, -0.1) is 0 Å². The molecular weight excluding hydrogens is 417 g/mol. The molecule has 0 bridgehead atoms. The number of hydrogen-bond acceptors (Lipinski definition) is 4. The standard InChI is InChI=1S/C23H20FN3O3S/c1-16-10-12-18(13-11-16)27(2)31(29,30)19-7-5-6-17(14-19)23(28)26-22(15-25)20-8-3-4-9-21(20)24/h3-14,22H,1-2H3,(H,26,28). The summed E-state index contributed by atoms with van der Waals surface area (Å²) < 4.78 is 41.2. The number of aryl methyl sites for hydroxylation is 1. The van der Waals surface area contributed by atoms with Gasteiger partial charge in [0.05, 0.1) is 16.7 Å². The second-order valence-corrected chi connectivity index (χ2v) is 8.86. The first-order valence-electron chi connectivity index (χ1n) is 9.34. The summed E-state index contributed by atoms with van der Waals surface area (Å²) in [6.07, 6.45) is 0. The van der Waals surface area contributed by atoms with Gasteiger partial charge >= 0.3 is 0 Å². The number of carbonyl (C=O) groups excluding carboxylic acids is 1. The van der Waals surface area contributed by atoms with Gasteiger partial charge in [-0.1, -0.05) is 42.0 Å². The van der Waals surface area contributed by atoms with Crippen LogP contribution in [0.1, 0.15) is 27.5 Å². The molecule has 6 nitrogen and oxygen atoms in total. The van der Waals surface area contributed by atoms with Crippen LogP contribution in [0.5, 0.6) is 0 Å². The average Bonchev–Trinajstić information content (AvgIpc) is 2.78. The van der Waals surface area contributed by atoms with E-state index >= 15 is 0 Å². The lowest BCUT2D eigenvalue weighted by Crippen LogP contribution is -2.29. The van der Waals surface area contributed by atoms with Crippen molar-refractivity contribution in [3.8, 4) is 6.07 Å². The van der Waals surface area contributed by atoms with Gasteiger partial charge in [0.2, 0.25) is 0 Å². The number of halogens is 1. The van der Waals surface area contributed by atoms with Gasteiger partial charge in [-0.3, -0.25) is 9.10 Å². The zero-order valence-electron chi connectivity index (χ0n) is 16.9. The maximum absolute atomic E-state index is 14.0. The summed E-state index contributed by atoms with van der Waals surface area (Å²) >= 11 is 0. The van der Waals surface area contributed by atoms with Crippen molar-refractivity contribution in [1.29, 1.82) is 5.26 Å². The summed E-state index contributed by atoms with van der Waals surface area (Å²) in [6.45, 7) is 1.90. The lowest BCUT2D eigenvalue weighted by molar-refractivity contribution is 0.0944. The first-order valence-corrected chi connectivity index (χ1v) is 10.8. The molecule has 0 aliphatic heterocycles. The predicted octanol–water partition coefficient (Wildman–Crippen LogP) is 3.95. The number of nitrogens with one attached hydrogen (secondary N) is 1. The van der Waals surface area contributed by atoms with Crippen molar-refractivity contribution < 1.29 is 17.6 Å². The molecule has 1 N–H and O–H groups in total. The van der Waals surface area contributed by atoms with Crippen molar-refractivity contribution in [3.63, 3.8) is 0 Å². The van der Waals surface area contributed by atoms with E-state index in [1.165, 1.54) is 49.5 Å². The number of carbonyl (C=O) groups is 1. The van der Waals surface area contributed by atoms with Gasteiger partial charge in [0.1, 0.15) is 11.9 Å². The number of anilines is 1. The highest BCUT2D eigenvalue weighted by molar-refractivity contribution is 7.92. The van der Waals surface area contributed by atoms with E-state index in [-0.39, 0.29) is 16.0 Å². The molecule has 0 aliphatic rings. The second-order valence-electron chi connectivity index (χ2n) is 6.89. The van der Waals surface area contributed by atoms with Crippen LogP contribution in [0.3, 0.4) is 0 Å². The topological polar surface area (TPSA) is 90.3 Å². The summed E-state index contributed by atoms with van der Waals surface area (Å²) in [5.74, 6) is -1.31. The molecule has 0 spiro atoms. The molecular formula is C23H20FN3O3S. The maximum atomic E-state index is 14.0. The van der Waals surface area contributed by atoms with Crippen molar-refractivity contribution in [3.05, 3.63) is 95.3 Å². The summed E-state index contributed by atoms with van der Waals surface area (Å²) in [5.41, 5.74) is 1.54. The van der Waals surface area contributed by atoms with Crippen LogP contribution in [0.25, 0.3) is 0 Å². The van der Waals surface area contributed by atoms with Crippen LogP contribution < -0.4 is 9.62 Å². The predicted molar refractivity (Wildman–Crippen MR) is 115 cm³/mol. The van der Waals surface area contributed by atoms with E-state index in [2.05, 4.69) is 5.32 Å². The van der Waals surface area contributed by atoms with Crippen LogP contribution >= 0.6 is 0 Å². The molecule has 8 heteroatoms. The summed E-state index contributed by atoms with van der Waals surface area (Å²) in [4.78, 5) is 12.6. The Balaban J connectivity index is 1.86. The highest BCUT2D eigenvalue weighted by Crippen LogP contribution is 2.23. The fourth-order valence-corrected chi connectivity index (χ4v) is 4.19. The third-order valence-electron chi connectivity index (χ3n) is 4.77. The molecule has 0 fully saturated rings. The Labute approximate surface area is 180 Å². The Morgan fingerprint density at radius 1 is 1.06 bits per heavy atom. The number of nitriles is 1. The van der Waals surface area contributed by atoms with E-state index in [9.17, 15) is 22.9 Å². The Morgan fingerprint density at radius 2 is 1.74 bits per heavy atom. The highest BCUT2D eigenvalue weighted by Gasteiger charge is 2.24. The van der Waals surface area contributed by atoms with E-state index in [0.29, 0.717) is 5.69 Å². The number of amides is 1. The lowest BCUT2D eigenvalue weighted by atomic mass is 10.1. The van der Waals surface area contributed by atoms with Crippen molar-refractivity contribution in [2.24, 2.45) is 0 Å². The molecule has 3 aromatic carbocycles. The molecule has 0 saturated carbocycles. The van der Waals surface area contributed by atoms with Gasteiger partial charge in [0, 0.05) is 18.2 Å². The largest absolute Gasteiger partial charge is 0.332 e. The average molecular weight is 437 g/mol. The molecule has 3 aromatic rings. The molecule has 3 rings (SSSR count). The van der Waals surface area contributed by atoms with Gasteiger partial charge < -0.3 is 5.32 Å². The van der Waals surface area contributed by atoms with Gasteiger partial charge in [0.25, 0.3) is 15.9 Å². The third-order valence-corrected chi connectivity index (χ3v) is 6.55.